The summed E-state index contributed by atoms with van der Waals surface area (Å²) < 4.78 is 5.72. The summed E-state index contributed by atoms with van der Waals surface area (Å²) in [7, 11) is 2.20. The molecule has 0 N–H and O–H groups in total. The predicted octanol–water partition coefficient (Wildman–Crippen LogP) is 5.20. The van der Waals surface area contributed by atoms with Crippen molar-refractivity contribution in [2.24, 2.45) is 5.92 Å². The van der Waals surface area contributed by atoms with Crippen LogP contribution in [-0.2, 0) is 4.74 Å². The van der Waals surface area contributed by atoms with E-state index in [-0.39, 0.29) is 12.1 Å². The largest absolute Gasteiger partial charge is 0.444 e. The molecule has 4 nitrogen and oxygen atoms in total. The van der Waals surface area contributed by atoms with Crippen molar-refractivity contribution in [1.29, 1.82) is 0 Å². The second kappa shape index (κ2) is 8.22. The van der Waals surface area contributed by atoms with Gasteiger partial charge in [-0.15, -0.1) is 0 Å². The van der Waals surface area contributed by atoms with Crippen molar-refractivity contribution in [3.05, 3.63) is 35.4 Å². The number of hydrogen-bond donors (Lipinski definition) is 0. The number of ether oxygens (including phenoxy) is 1. The molecule has 3 rings (SSSR count). The highest BCUT2D eigenvalue weighted by atomic mass is 16.6. The van der Waals surface area contributed by atoms with E-state index in [2.05, 4.69) is 43.1 Å². The topological polar surface area (TPSA) is 32.8 Å². The number of amides is 1. The Labute approximate surface area is 164 Å². The van der Waals surface area contributed by atoms with Gasteiger partial charge in [-0.3, -0.25) is 0 Å². The maximum Gasteiger partial charge on any atom is 0.410 e. The van der Waals surface area contributed by atoms with Crippen LogP contribution in [0.5, 0.6) is 0 Å². The van der Waals surface area contributed by atoms with E-state index in [1.807, 2.05) is 25.7 Å². The molecule has 0 aromatic heterocycles. The molecule has 2 unspecified atom stereocenters. The second-order valence-corrected chi connectivity index (χ2v) is 9.58. The molecule has 0 saturated carbocycles. The molecule has 2 atom stereocenters. The van der Waals surface area contributed by atoms with E-state index in [4.69, 9.17) is 4.74 Å². The minimum atomic E-state index is -0.460. The van der Waals surface area contributed by atoms with Gasteiger partial charge in [-0.2, -0.15) is 0 Å². The first-order valence-corrected chi connectivity index (χ1v) is 10.5. The summed E-state index contributed by atoms with van der Waals surface area (Å²) in [5.41, 5.74) is 2.24. The Morgan fingerprint density at radius 1 is 1.07 bits per heavy atom. The van der Waals surface area contributed by atoms with E-state index in [1.165, 1.54) is 37.1 Å². The summed E-state index contributed by atoms with van der Waals surface area (Å²) in [6, 6.07) is 9.11. The van der Waals surface area contributed by atoms with Crippen molar-refractivity contribution in [1.82, 2.24) is 9.80 Å². The smallest absolute Gasteiger partial charge is 0.410 e. The van der Waals surface area contributed by atoms with Gasteiger partial charge in [0.2, 0.25) is 0 Å². The molecule has 150 valence electrons. The van der Waals surface area contributed by atoms with Crippen LogP contribution in [0.4, 0.5) is 4.79 Å². The zero-order valence-corrected chi connectivity index (χ0v) is 17.7. The summed E-state index contributed by atoms with van der Waals surface area (Å²) in [5, 5.41) is 0. The highest BCUT2D eigenvalue weighted by molar-refractivity contribution is 5.69. The van der Waals surface area contributed by atoms with Crippen LogP contribution in [0.1, 0.15) is 76.5 Å². The average molecular weight is 373 g/mol. The number of carbonyl (C=O) groups is 1. The van der Waals surface area contributed by atoms with E-state index in [9.17, 15) is 4.79 Å². The van der Waals surface area contributed by atoms with E-state index in [0.717, 1.165) is 19.4 Å². The monoisotopic (exact) mass is 372 g/mol. The van der Waals surface area contributed by atoms with E-state index < -0.39 is 5.60 Å². The standard InChI is InChI=1S/C23H36N2O2/c1-17-9-10-21(25(16-17)22(26)27-23(2,3)4)20-8-6-7-19(15-20)18-11-13-24(5)14-12-18/h6-8,15,17-18,21H,9-14,16H2,1-5H3. The number of benzene rings is 1. The summed E-state index contributed by atoms with van der Waals surface area (Å²) in [6.45, 7) is 11.1. The van der Waals surface area contributed by atoms with Crippen LogP contribution in [0.25, 0.3) is 0 Å². The molecule has 2 heterocycles. The van der Waals surface area contributed by atoms with Gasteiger partial charge in [-0.05, 0) is 89.6 Å². The molecule has 1 aromatic rings. The summed E-state index contributed by atoms with van der Waals surface area (Å²) in [4.78, 5) is 17.2. The fraction of sp³-hybridized carbons (Fsp3) is 0.696. The lowest BCUT2D eigenvalue weighted by Crippen LogP contribution is -2.44. The lowest BCUT2D eigenvalue weighted by Gasteiger charge is -2.40. The van der Waals surface area contributed by atoms with Gasteiger partial charge in [0.25, 0.3) is 0 Å². The Hall–Kier alpha value is -1.55. The molecule has 27 heavy (non-hydrogen) atoms. The fourth-order valence-electron chi connectivity index (χ4n) is 4.38. The van der Waals surface area contributed by atoms with Crippen molar-refractivity contribution in [3.63, 3.8) is 0 Å². The van der Waals surface area contributed by atoms with Crippen LogP contribution < -0.4 is 0 Å². The molecule has 2 aliphatic rings. The van der Waals surface area contributed by atoms with Crippen LogP contribution in [0.3, 0.4) is 0 Å². The Morgan fingerprint density at radius 2 is 1.74 bits per heavy atom. The third-order valence-electron chi connectivity index (χ3n) is 5.93. The molecular formula is C23H36N2O2. The lowest BCUT2D eigenvalue weighted by molar-refractivity contribution is 0.00362. The van der Waals surface area contributed by atoms with Gasteiger partial charge in [0.05, 0.1) is 6.04 Å². The molecule has 1 aromatic carbocycles. The van der Waals surface area contributed by atoms with Crippen LogP contribution in [0.2, 0.25) is 0 Å². The molecule has 4 heteroatoms. The average Bonchev–Trinajstić information content (AvgIpc) is 2.61. The molecule has 2 fully saturated rings. The van der Waals surface area contributed by atoms with Gasteiger partial charge in [0.15, 0.2) is 0 Å². The minimum absolute atomic E-state index is 0.127. The minimum Gasteiger partial charge on any atom is -0.444 e. The number of likely N-dealkylation sites (tertiary alicyclic amines) is 2. The molecule has 1 amide bonds. The lowest BCUT2D eigenvalue weighted by atomic mass is 9.85. The Morgan fingerprint density at radius 3 is 2.41 bits per heavy atom. The van der Waals surface area contributed by atoms with Gasteiger partial charge in [0, 0.05) is 6.54 Å². The van der Waals surface area contributed by atoms with Gasteiger partial charge in [-0.25, -0.2) is 4.79 Å². The third kappa shape index (κ3) is 5.25. The van der Waals surface area contributed by atoms with Crippen LogP contribution in [0.15, 0.2) is 24.3 Å². The fourth-order valence-corrected chi connectivity index (χ4v) is 4.38. The predicted molar refractivity (Wildman–Crippen MR) is 110 cm³/mol. The zero-order chi connectivity index (χ0) is 19.6. The Kier molecular flexibility index (Phi) is 6.15. The van der Waals surface area contributed by atoms with Crippen molar-refractivity contribution in [2.75, 3.05) is 26.7 Å². The van der Waals surface area contributed by atoms with Crippen molar-refractivity contribution in [2.45, 2.75) is 70.9 Å². The van der Waals surface area contributed by atoms with Gasteiger partial charge >= 0.3 is 6.09 Å². The summed E-state index contributed by atoms with van der Waals surface area (Å²) >= 11 is 0. The second-order valence-electron chi connectivity index (χ2n) is 9.58. The molecule has 2 saturated heterocycles. The number of nitrogens with zero attached hydrogens (tertiary/aromatic N) is 2. The third-order valence-corrected chi connectivity index (χ3v) is 5.93. The van der Waals surface area contributed by atoms with Crippen LogP contribution in [0, 0.1) is 5.92 Å². The number of piperidine rings is 2. The molecule has 0 bridgehead atoms. The quantitative estimate of drug-likeness (QED) is 0.715. The normalized spacial score (nSPS) is 25.4. The number of carbonyl (C=O) groups excluding carboxylic acids is 1. The number of hydrogen-bond acceptors (Lipinski definition) is 3. The zero-order valence-electron chi connectivity index (χ0n) is 17.7. The SMILES string of the molecule is CC1CCC(c2cccc(C3CCN(C)CC3)c2)N(C(=O)OC(C)(C)C)C1. The maximum atomic E-state index is 12.9. The van der Waals surface area contributed by atoms with Crippen molar-refractivity contribution >= 4 is 6.09 Å². The van der Waals surface area contributed by atoms with E-state index in [1.54, 1.807) is 0 Å². The van der Waals surface area contributed by atoms with Crippen molar-refractivity contribution in [3.8, 4) is 0 Å². The van der Waals surface area contributed by atoms with Gasteiger partial charge < -0.3 is 14.5 Å². The molecule has 0 spiro atoms. The maximum absolute atomic E-state index is 12.9. The highest BCUT2D eigenvalue weighted by Crippen LogP contribution is 2.36. The van der Waals surface area contributed by atoms with Crippen LogP contribution >= 0.6 is 0 Å². The highest BCUT2D eigenvalue weighted by Gasteiger charge is 2.34. The summed E-state index contributed by atoms with van der Waals surface area (Å²) in [6.07, 6.45) is 4.43. The Bertz CT molecular complexity index is 644. The first kappa shape index (κ1) is 20.2. The Balaban J connectivity index is 1.80. The van der Waals surface area contributed by atoms with Gasteiger partial charge in [0.1, 0.15) is 5.60 Å². The first-order valence-electron chi connectivity index (χ1n) is 10.5. The molecular weight excluding hydrogens is 336 g/mol. The molecule has 0 aliphatic carbocycles. The van der Waals surface area contributed by atoms with E-state index in [0.29, 0.717) is 11.8 Å². The molecule has 0 radical (unpaired) electrons. The van der Waals surface area contributed by atoms with Crippen molar-refractivity contribution < 1.29 is 9.53 Å². The van der Waals surface area contributed by atoms with Crippen LogP contribution in [-0.4, -0.2) is 48.2 Å². The molecule has 2 aliphatic heterocycles. The van der Waals surface area contributed by atoms with E-state index >= 15 is 0 Å². The number of rotatable bonds is 2. The first-order chi connectivity index (χ1) is 12.7. The summed E-state index contributed by atoms with van der Waals surface area (Å²) in [5.74, 6) is 1.16. The van der Waals surface area contributed by atoms with Gasteiger partial charge in [-0.1, -0.05) is 31.2 Å².